The number of hydrogen-bond acceptors (Lipinski definition) is 2. The summed E-state index contributed by atoms with van der Waals surface area (Å²) < 4.78 is 0. The molecule has 0 bridgehead atoms. The van der Waals surface area contributed by atoms with Gasteiger partial charge in [0.05, 0.1) is 0 Å². The lowest BCUT2D eigenvalue weighted by atomic mass is 10.4. The van der Waals surface area contributed by atoms with Crippen LogP contribution in [-0.4, -0.2) is 24.4 Å². The van der Waals surface area contributed by atoms with Crippen molar-refractivity contribution in [2.45, 2.75) is 26.8 Å². The van der Waals surface area contributed by atoms with Crippen molar-refractivity contribution in [3.05, 3.63) is 24.4 Å². The third-order valence-electron chi connectivity index (χ3n) is 1.56. The second-order valence-corrected chi connectivity index (χ2v) is 3.01. The molecule has 0 saturated carbocycles. The highest BCUT2D eigenvalue weighted by Gasteiger charge is 1.99. The van der Waals surface area contributed by atoms with Crippen LogP contribution in [0.5, 0.6) is 0 Å². The van der Waals surface area contributed by atoms with Crippen LogP contribution in [-0.2, 0) is 0 Å². The number of rotatable bonds is 5. The Morgan fingerprint density at radius 1 is 1.54 bits per heavy atom. The van der Waals surface area contributed by atoms with Crippen LogP contribution >= 0.6 is 0 Å². The molecular weight excluding hydrogens is 162 g/mol. The van der Waals surface area contributed by atoms with Crippen molar-refractivity contribution in [2.24, 2.45) is 4.99 Å². The van der Waals surface area contributed by atoms with Gasteiger partial charge in [-0.2, -0.15) is 0 Å². The first kappa shape index (κ1) is 11.9. The van der Waals surface area contributed by atoms with Gasteiger partial charge in [-0.15, -0.1) is 0 Å². The molecule has 1 N–H and O–H groups in total. The average Bonchev–Trinajstić information content (AvgIpc) is 2.05. The molecule has 3 nitrogen and oxygen atoms in total. The number of nitrogens with one attached hydrogen (secondary N) is 1. The zero-order chi connectivity index (χ0) is 10.3. The monoisotopic (exact) mass is 181 g/mol. The summed E-state index contributed by atoms with van der Waals surface area (Å²) in [6.07, 6.45) is 5.37. The van der Waals surface area contributed by atoms with E-state index in [2.05, 4.69) is 30.8 Å². The molecule has 0 aliphatic rings. The summed E-state index contributed by atoms with van der Waals surface area (Å²) in [5.74, 6) is 0. The summed E-state index contributed by atoms with van der Waals surface area (Å²) >= 11 is 0. The van der Waals surface area contributed by atoms with Gasteiger partial charge in [-0.3, -0.25) is 5.01 Å². The van der Waals surface area contributed by atoms with E-state index in [1.165, 1.54) is 0 Å². The van der Waals surface area contributed by atoms with Crippen molar-refractivity contribution in [1.82, 2.24) is 10.4 Å². The van der Waals surface area contributed by atoms with Gasteiger partial charge in [-0.25, -0.2) is 10.4 Å². The van der Waals surface area contributed by atoms with Crippen LogP contribution in [0.2, 0.25) is 0 Å². The lowest BCUT2D eigenvalue weighted by Gasteiger charge is -2.21. The van der Waals surface area contributed by atoms with Crippen molar-refractivity contribution in [3.8, 4) is 0 Å². The van der Waals surface area contributed by atoms with E-state index in [-0.39, 0.29) is 0 Å². The van der Waals surface area contributed by atoms with E-state index in [4.69, 9.17) is 0 Å². The molecule has 0 atom stereocenters. The van der Waals surface area contributed by atoms with Gasteiger partial charge < -0.3 is 0 Å². The largest absolute Gasteiger partial charge is 0.296 e. The fourth-order valence-electron chi connectivity index (χ4n) is 0.816. The van der Waals surface area contributed by atoms with Crippen LogP contribution in [0.3, 0.4) is 0 Å². The van der Waals surface area contributed by atoms with E-state index >= 15 is 0 Å². The third kappa shape index (κ3) is 5.20. The summed E-state index contributed by atoms with van der Waals surface area (Å²) in [5.41, 5.74) is 3.97. The summed E-state index contributed by atoms with van der Waals surface area (Å²) in [7, 11) is 1.87. The summed E-state index contributed by atoms with van der Waals surface area (Å²) in [6.45, 7) is 9.73. The predicted molar refractivity (Wildman–Crippen MR) is 58.5 cm³/mol. The second kappa shape index (κ2) is 6.43. The molecule has 0 amide bonds. The third-order valence-corrected chi connectivity index (χ3v) is 1.56. The molecule has 0 fully saturated rings. The van der Waals surface area contributed by atoms with E-state index in [1.807, 2.05) is 25.1 Å². The second-order valence-electron chi connectivity index (χ2n) is 3.01. The Balaban J connectivity index is 4.22. The van der Waals surface area contributed by atoms with Crippen molar-refractivity contribution in [1.29, 1.82) is 0 Å². The number of allylic oxidation sites excluding steroid dienone is 3. The van der Waals surface area contributed by atoms with Crippen LogP contribution in [0.25, 0.3) is 0 Å². The molecule has 0 aromatic carbocycles. The predicted octanol–water partition coefficient (Wildman–Crippen LogP) is 1.95. The Bertz CT molecular complexity index is 204. The van der Waals surface area contributed by atoms with E-state index in [9.17, 15) is 0 Å². The zero-order valence-electron chi connectivity index (χ0n) is 8.91. The SMILES string of the molecule is C=C/C=C(/C)N=CN(NC)C(C)C. The summed E-state index contributed by atoms with van der Waals surface area (Å²) in [6, 6.07) is 0.394. The number of hydrogen-bond donors (Lipinski definition) is 1. The Morgan fingerprint density at radius 2 is 2.15 bits per heavy atom. The number of nitrogens with zero attached hydrogens (tertiary/aromatic N) is 2. The Kier molecular flexibility index (Phi) is 5.89. The van der Waals surface area contributed by atoms with Gasteiger partial charge in [0, 0.05) is 18.8 Å². The molecule has 0 heterocycles. The molecule has 0 spiro atoms. The molecule has 74 valence electrons. The van der Waals surface area contributed by atoms with E-state index in [1.54, 1.807) is 12.4 Å². The Hall–Kier alpha value is -1.09. The molecule has 0 unspecified atom stereocenters. The Morgan fingerprint density at radius 3 is 2.54 bits per heavy atom. The van der Waals surface area contributed by atoms with Crippen molar-refractivity contribution >= 4 is 6.34 Å². The zero-order valence-corrected chi connectivity index (χ0v) is 8.91. The molecule has 0 aliphatic carbocycles. The standard InChI is InChI=1S/C10H19N3/c1-6-7-10(4)12-8-13(11-5)9(2)3/h6-9,11H,1H2,2-5H3/b10-7-,12-8?. The van der Waals surface area contributed by atoms with Crippen LogP contribution in [0, 0.1) is 0 Å². The Labute approximate surface area is 80.8 Å². The topological polar surface area (TPSA) is 27.6 Å². The van der Waals surface area contributed by atoms with Gasteiger partial charge >= 0.3 is 0 Å². The minimum Gasteiger partial charge on any atom is -0.296 e. The highest BCUT2D eigenvalue weighted by molar-refractivity contribution is 5.56. The summed E-state index contributed by atoms with van der Waals surface area (Å²) in [5, 5.41) is 1.93. The minimum absolute atomic E-state index is 0.394. The maximum Gasteiger partial charge on any atom is 0.105 e. The highest BCUT2D eigenvalue weighted by atomic mass is 15.5. The highest BCUT2D eigenvalue weighted by Crippen LogP contribution is 1.95. The lowest BCUT2D eigenvalue weighted by Crippen LogP contribution is -2.39. The van der Waals surface area contributed by atoms with Gasteiger partial charge in [0.15, 0.2) is 0 Å². The van der Waals surface area contributed by atoms with Gasteiger partial charge in [-0.05, 0) is 26.8 Å². The lowest BCUT2D eigenvalue weighted by molar-refractivity contribution is 0.289. The van der Waals surface area contributed by atoms with Crippen molar-refractivity contribution in [3.63, 3.8) is 0 Å². The van der Waals surface area contributed by atoms with Crippen LogP contribution in [0.4, 0.5) is 0 Å². The average molecular weight is 181 g/mol. The number of aliphatic imine (C=N–C) groups is 1. The molecular formula is C10H19N3. The molecule has 0 saturated heterocycles. The fraction of sp³-hybridized carbons (Fsp3) is 0.500. The first-order valence-corrected chi connectivity index (χ1v) is 4.41. The first-order chi connectivity index (χ1) is 6.11. The van der Waals surface area contributed by atoms with E-state index in [0.29, 0.717) is 6.04 Å². The van der Waals surface area contributed by atoms with Gasteiger partial charge in [0.2, 0.25) is 0 Å². The molecule has 0 aromatic heterocycles. The molecule has 0 aromatic rings. The van der Waals surface area contributed by atoms with Gasteiger partial charge in [0.1, 0.15) is 6.34 Å². The van der Waals surface area contributed by atoms with Gasteiger partial charge in [0.25, 0.3) is 0 Å². The fourth-order valence-corrected chi connectivity index (χ4v) is 0.816. The smallest absolute Gasteiger partial charge is 0.105 e. The summed E-state index contributed by atoms with van der Waals surface area (Å²) in [4.78, 5) is 4.23. The minimum atomic E-state index is 0.394. The van der Waals surface area contributed by atoms with Crippen molar-refractivity contribution in [2.75, 3.05) is 7.05 Å². The molecule has 0 aliphatic heterocycles. The van der Waals surface area contributed by atoms with Crippen molar-refractivity contribution < 1.29 is 0 Å². The van der Waals surface area contributed by atoms with E-state index < -0.39 is 0 Å². The molecule has 13 heavy (non-hydrogen) atoms. The van der Waals surface area contributed by atoms with E-state index in [0.717, 1.165) is 5.70 Å². The first-order valence-electron chi connectivity index (χ1n) is 4.41. The van der Waals surface area contributed by atoms with Crippen LogP contribution < -0.4 is 5.43 Å². The normalized spacial score (nSPS) is 12.5. The molecule has 0 rings (SSSR count). The molecule has 3 heteroatoms. The van der Waals surface area contributed by atoms with Crippen LogP contribution in [0.1, 0.15) is 20.8 Å². The quantitative estimate of drug-likeness (QED) is 0.304. The maximum atomic E-state index is 4.23. The van der Waals surface area contributed by atoms with Gasteiger partial charge in [-0.1, -0.05) is 12.7 Å². The van der Waals surface area contributed by atoms with Crippen LogP contribution in [0.15, 0.2) is 29.4 Å². The maximum absolute atomic E-state index is 4.23. The molecule has 0 radical (unpaired) electrons. The number of hydrazine groups is 1.